The van der Waals surface area contributed by atoms with Gasteiger partial charge in [-0.25, -0.2) is 8.42 Å². The van der Waals surface area contributed by atoms with Crippen molar-refractivity contribution < 1.29 is 26.1 Å². The number of aromatic nitrogens is 1. The first-order valence-electron chi connectivity index (χ1n) is 8.75. The summed E-state index contributed by atoms with van der Waals surface area (Å²) in [5.74, 6) is 2.52. The molecule has 0 bridgehead atoms. The molecule has 3 rings (SSSR count). The summed E-state index contributed by atoms with van der Waals surface area (Å²) in [5, 5.41) is 3.83. The summed E-state index contributed by atoms with van der Waals surface area (Å²) in [6, 6.07) is 12.2. The Morgan fingerprint density at radius 2 is 1.73 bits per heavy atom. The molecule has 0 amide bonds. The largest absolute Gasteiger partial charge is 0.416 e. The summed E-state index contributed by atoms with van der Waals surface area (Å²) < 4.78 is 70.2. The van der Waals surface area contributed by atoms with Crippen molar-refractivity contribution in [2.24, 2.45) is 0 Å². The molecule has 1 aromatic heterocycles. The number of halogens is 3. The van der Waals surface area contributed by atoms with E-state index in [-0.39, 0.29) is 29.4 Å². The van der Waals surface area contributed by atoms with Crippen LogP contribution in [0, 0.1) is 19.3 Å². The Morgan fingerprint density at radius 3 is 2.30 bits per heavy atom. The van der Waals surface area contributed by atoms with E-state index in [1.165, 1.54) is 30.3 Å². The molecule has 156 valence electrons. The van der Waals surface area contributed by atoms with Crippen LogP contribution in [0.15, 0.2) is 64.0 Å². The average molecular weight is 434 g/mol. The minimum Gasteiger partial charge on any atom is -0.359 e. The van der Waals surface area contributed by atoms with Crippen molar-refractivity contribution in [2.45, 2.75) is 24.5 Å². The molecule has 0 aliphatic rings. The van der Waals surface area contributed by atoms with Gasteiger partial charge in [-0.1, -0.05) is 40.9 Å². The van der Waals surface area contributed by atoms with Crippen molar-refractivity contribution in [1.82, 2.24) is 9.46 Å². The molecular weight excluding hydrogens is 417 g/mol. The number of hydrogen-bond acceptors (Lipinski definition) is 4. The summed E-state index contributed by atoms with van der Waals surface area (Å²) in [4.78, 5) is 0.0887. The lowest BCUT2D eigenvalue weighted by molar-refractivity contribution is -0.137. The van der Waals surface area contributed by atoms with Crippen molar-refractivity contribution in [3.8, 4) is 23.6 Å². The van der Waals surface area contributed by atoms with Gasteiger partial charge in [-0.2, -0.15) is 17.5 Å². The minimum atomic E-state index is -4.44. The molecule has 0 N–H and O–H groups in total. The molecule has 0 saturated carbocycles. The summed E-state index contributed by atoms with van der Waals surface area (Å²) in [7, 11) is -3.88. The Hall–Kier alpha value is -3.09. The van der Waals surface area contributed by atoms with Gasteiger partial charge in [0.05, 0.1) is 23.5 Å². The predicted octanol–water partition coefficient (Wildman–Crippen LogP) is 4.49. The van der Waals surface area contributed by atoms with E-state index < -0.39 is 21.8 Å². The molecule has 0 saturated heterocycles. The number of hydrogen-bond donors (Lipinski definition) is 0. The van der Waals surface area contributed by atoms with E-state index in [0.29, 0.717) is 5.56 Å². The van der Waals surface area contributed by atoms with E-state index >= 15 is 0 Å². The lowest BCUT2D eigenvalue weighted by Gasteiger charge is -2.18. The van der Waals surface area contributed by atoms with Crippen molar-refractivity contribution >= 4 is 10.0 Å². The molecule has 0 fully saturated rings. The number of sulfonamides is 1. The van der Waals surface area contributed by atoms with Gasteiger partial charge in [-0.3, -0.25) is 0 Å². The van der Waals surface area contributed by atoms with Gasteiger partial charge in [0.1, 0.15) is 5.69 Å². The van der Waals surface area contributed by atoms with Crippen LogP contribution in [0.4, 0.5) is 13.2 Å². The maximum absolute atomic E-state index is 12.9. The van der Waals surface area contributed by atoms with Crippen LogP contribution in [0.2, 0.25) is 0 Å². The Bertz CT molecular complexity index is 1160. The second kappa shape index (κ2) is 8.34. The number of aryl methyl sites for hydroxylation is 1. The fourth-order valence-corrected chi connectivity index (χ4v) is 4.03. The zero-order valence-electron chi connectivity index (χ0n) is 15.8. The number of alkyl halides is 3. The molecule has 5 nitrogen and oxygen atoms in total. The fourth-order valence-electron chi connectivity index (χ4n) is 2.71. The lowest BCUT2D eigenvalue weighted by Crippen LogP contribution is -2.31. The highest BCUT2D eigenvalue weighted by Crippen LogP contribution is 2.31. The highest BCUT2D eigenvalue weighted by molar-refractivity contribution is 7.89. The monoisotopic (exact) mass is 434 g/mol. The van der Waals surface area contributed by atoms with Crippen molar-refractivity contribution in [2.75, 3.05) is 6.54 Å². The number of terminal acetylenes is 1. The van der Waals surface area contributed by atoms with Crippen molar-refractivity contribution in [1.29, 1.82) is 0 Å². The number of rotatable bonds is 6. The summed E-state index contributed by atoms with van der Waals surface area (Å²) in [6.07, 6.45) is 0.896. The summed E-state index contributed by atoms with van der Waals surface area (Å²) >= 11 is 0. The van der Waals surface area contributed by atoms with Gasteiger partial charge in [0.2, 0.25) is 10.0 Å². The molecule has 1 heterocycles. The first-order chi connectivity index (χ1) is 14.1. The normalized spacial score (nSPS) is 12.1. The van der Waals surface area contributed by atoms with Crippen LogP contribution in [0.25, 0.3) is 11.3 Å². The van der Waals surface area contributed by atoms with Gasteiger partial charge in [-0.15, -0.1) is 6.42 Å². The molecule has 0 aliphatic heterocycles. The molecule has 0 aliphatic carbocycles. The van der Waals surface area contributed by atoms with Crippen molar-refractivity contribution in [3.05, 3.63) is 71.5 Å². The number of benzene rings is 2. The third-order valence-electron chi connectivity index (χ3n) is 4.33. The lowest BCUT2D eigenvalue weighted by atomic mass is 10.1. The van der Waals surface area contributed by atoms with Gasteiger partial charge in [0.25, 0.3) is 0 Å². The second-order valence-corrected chi connectivity index (χ2v) is 8.48. The highest BCUT2D eigenvalue weighted by atomic mass is 32.2. The van der Waals surface area contributed by atoms with Crippen LogP contribution in [0.5, 0.6) is 0 Å². The van der Waals surface area contributed by atoms with E-state index in [1.807, 2.05) is 6.92 Å². The van der Waals surface area contributed by atoms with E-state index in [0.717, 1.165) is 22.0 Å². The molecule has 0 atom stereocenters. The van der Waals surface area contributed by atoms with Gasteiger partial charge in [-0.05, 0) is 31.2 Å². The molecule has 0 unspecified atom stereocenters. The second-order valence-electron chi connectivity index (χ2n) is 6.54. The third-order valence-corrected chi connectivity index (χ3v) is 6.13. The van der Waals surface area contributed by atoms with E-state index in [4.69, 9.17) is 10.9 Å². The van der Waals surface area contributed by atoms with Crippen LogP contribution in [0.3, 0.4) is 0 Å². The van der Waals surface area contributed by atoms with Gasteiger partial charge in [0.15, 0.2) is 5.76 Å². The van der Waals surface area contributed by atoms with Crippen LogP contribution in [-0.4, -0.2) is 24.4 Å². The third kappa shape index (κ3) is 4.72. The minimum absolute atomic E-state index is 0.0887. The first kappa shape index (κ1) is 21.6. The standard InChI is InChI=1S/C21H17F3N2O3S/c1-3-12-26(30(27,28)19-10-4-15(2)5-11-19)14-18-13-20(25-29-18)16-6-8-17(9-7-16)21(22,23)24/h1,4-11,13H,12,14H2,2H3. The molecule has 0 spiro atoms. The summed E-state index contributed by atoms with van der Waals surface area (Å²) in [6.45, 7) is 1.48. The van der Waals surface area contributed by atoms with Gasteiger partial charge in [0, 0.05) is 11.6 Å². The SMILES string of the molecule is C#CCN(Cc1cc(-c2ccc(C(F)(F)F)cc2)no1)S(=O)(=O)c1ccc(C)cc1. The van der Waals surface area contributed by atoms with Gasteiger partial charge < -0.3 is 4.52 Å². The van der Waals surface area contributed by atoms with Crippen molar-refractivity contribution in [3.63, 3.8) is 0 Å². The summed E-state index contributed by atoms with van der Waals surface area (Å²) in [5.41, 5.74) is 0.822. The van der Waals surface area contributed by atoms with E-state index in [9.17, 15) is 21.6 Å². The van der Waals surface area contributed by atoms with Crippen LogP contribution < -0.4 is 0 Å². The zero-order chi connectivity index (χ0) is 21.9. The molecule has 9 heteroatoms. The topological polar surface area (TPSA) is 63.4 Å². The molecule has 2 aromatic carbocycles. The molecular formula is C21H17F3N2O3S. The highest BCUT2D eigenvalue weighted by Gasteiger charge is 2.30. The Morgan fingerprint density at radius 1 is 1.10 bits per heavy atom. The maximum Gasteiger partial charge on any atom is 0.416 e. The Balaban J connectivity index is 1.83. The zero-order valence-corrected chi connectivity index (χ0v) is 16.7. The number of nitrogens with zero attached hydrogens (tertiary/aromatic N) is 2. The first-order valence-corrected chi connectivity index (χ1v) is 10.2. The molecule has 0 radical (unpaired) electrons. The smallest absolute Gasteiger partial charge is 0.359 e. The van der Waals surface area contributed by atoms with Crippen LogP contribution in [-0.2, 0) is 22.7 Å². The Kier molecular flexibility index (Phi) is 6.01. The van der Waals surface area contributed by atoms with Crippen LogP contribution >= 0.6 is 0 Å². The maximum atomic E-state index is 12.9. The predicted molar refractivity (Wildman–Crippen MR) is 105 cm³/mol. The molecule has 30 heavy (non-hydrogen) atoms. The quantitative estimate of drug-likeness (QED) is 0.536. The van der Waals surface area contributed by atoms with Crippen LogP contribution in [0.1, 0.15) is 16.9 Å². The fraction of sp³-hybridized carbons (Fsp3) is 0.190. The molecule has 3 aromatic rings. The Labute approximate surface area is 172 Å². The van der Waals surface area contributed by atoms with Gasteiger partial charge >= 0.3 is 6.18 Å². The average Bonchev–Trinajstić information content (AvgIpc) is 3.16. The van der Waals surface area contributed by atoms with E-state index in [1.54, 1.807) is 12.1 Å². The van der Waals surface area contributed by atoms with E-state index in [2.05, 4.69) is 11.1 Å².